The number of nitrogens with zero attached hydrogens (tertiary/aromatic N) is 2. The summed E-state index contributed by atoms with van der Waals surface area (Å²) in [5.74, 6) is 0.143. The molecule has 2 aromatic rings. The summed E-state index contributed by atoms with van der Waals surface area (Å²) in [5, 5.41) is 0.873. The van der Waals surface area contributed by atoms with Crippen LogP contribution in [0.2, 0.25) is 0 Å². The Bertz CT molecular complexity index is 1070. The normalized spacial score (nSPS) is 15.9. The number of carbonyl (C=O) groups is 1. The standard InChI is InChI=1S/C19H27N5O5S/c1-19(2,3)29-18(26)23-30(27,28)21-12-13-7-10-24(11-8-13)15-6-9-20-17-14(15)4-5-16(25)22-17/h4-6,9,13,21H,7-8,10-12H2,1-3H3,(H,23,26)(H,20,22,25). The smallest absolute Gasteiger partial charge is 0.422 e. The second-order valence-electron chi connectivity index (χ2n) is 8.30. The fourth-order valence-corrected chi connectivity index (χ4v) is 4.16. The molecule has 0 saturated carbocycles. The molecule has 164 valence electrons. The molecule has 0 spiro atoms. The number of H-pyrrole nitrogens is 1. The van der Waals surface area contributed by atoms with Crippen LogP contribution in [0.1, 0.15) is 33.6 Å². The predicted molar refractivity (Wildman–Crippen MR) is 114 cm³/mol. The Morgan fingerprint density at radius 2 is 1.97 bits per heavy atom. The second kappa shape index (κ2) is 8.60. The average Bonchev–Trinajstić information content (AvgIpc) is 2.64. The molecule has 1 amide bonds. The molecule has 3 rings (SSSR count). The van der Waals surface area contributed by atoms with Crippen molar-refractivity contribution in [3.8, 4) is 0 Å². The lowest BCUT2D eigenvalue weighted by atomic mass is 9.96. The van der Waals surface area contributed by atoms with Gasteiger partial charge in [-0.15, -0.1) is 0 Å². The zero-order valence-electron chi connectivity index (χ0n) is 17.3. The number of hydrogen-bond donors (Lipinski definition) is 3. The fraction of sp³-hybridized carbons (Fsp3) is 0.526. The molecule has 0 bridgehead atoms. The summed E-state index contributed by atoms with van der Waals surface area (Å²) in [6.45, 7) is 6.68. The third-order valence-electron chi connectivity index (χ3n) is 4.74. The molecule has 0 radical (unpaired) electrons. The molecule has 2 aromatic heterocycles. The van der Waals surface area contributed by atoms with Crippen molar-refractivity contribution in [1.82, 2.24) is 19.4 Å². The third kappa shape index (κ3) is 5.92. The molecule has 1 aliphatic heterocycles. The number of ether oxygens (including phenoxy) is 1. The largest absolute Gasteiger partial charge is 0.443 e. The monoisotopic (exact) mass is 437 g/mol. The summed E-state index contributed by atoms with van der Waals surface area (Å²) < 4.78 is 33.4. The molecule has 1 saturated heterocycles. The molecule has 10 nitrogen and oxygen atoms in total. The van der Waals surface area contributed by atoms with Gasteiger partial charge in [0, 0.05) is 43.0 Å². The maximum Gasteiger partial charge on any atom is 0.422 e. The van der Waals surface area contributed by atoms with Crippen molar-refractivity contribution in [2.24, 2.45) is 5.92 Å². The summed E-state index contributed by atoms with van der Waals surface area (Å²) in [6.07, 6.45) is 2.22. The van der Waals surface area contributed by atoms with E-state index in [1.807, 2.05) is 10.8 Å². The van der Waals surface area contributed by atoms with Crippen LogP contribution in [0.15, 0.2) is 29.2 Å². The Morgan fingerprint density at radius 1 is 1.27 bits per heavy atom. The highest BCUT2D eigenvalue weighted by Crippen LogP contribution is 2.28. The summed E-state index contributed by atoms with van der Waals surface area (Å²) in [5.41, 5.74) is 0.555. The molecule has 0 atom stereocenters. The van der Waals surface area contributed by atoms with E-state index in [1.165, 1.54) is 6.07 Å². The van der Waals surface area contributed by atoms with Gasteiger partial charge in [-0.1, -0.05) is 0 Å². The first-order chi connectivity index (χ1) is 14.0. The van der Waals surface area contributed by atoms with Gasteiger partial charge < -0.3 is 14.6 Å². The Kier molecular flexibility index (Phi) is 6.32. The Balaban J connectivity index is 1.54. The van der Waals surface area contributed by atoms with Crippen molar-refractivity contribution in [3.05, 3.63) is 34.7 Å². The number of anilines is 1. The molecule has 3 N–H and O–H groups in total. The van der Waals surface area contributed by atoms with E-state index in [4.69, 9.17) is 4.74 Å². The van der Waals surface area contributed by atoms with Crippen LogP contribution in [0.4, 0.5) is 10.5 Å². The van der Waals surface area contributed by atoms with Crippen LogP contribution < -0.4 is 19.9 Å². The van der Waals surface area contributed by atoms with Crippen LogP contribution in [-0.4, -0.2) is 49.7 Å². The van der Waals surface area contributed by atoms with E-state index in [-0.39, 0.29) is 18.0 Å². The highest BCUT2D eigenvalue weighted by atomic mass is 32.2. The van der Waals surface area contributed by atoms with Crippen LogP contribution in [0.25, 0.3) is 11.0 Å². The highest BCUT2D eigenvalue weighted by molar-refractivity contribution is 7.88. The topological polar surface area (TPSA) is 133 Å². The maximum atomic E-state index is 12.1. The van der Waals surface area contributed by atoms with Crippen molar-refractivity contribution < 1.29 is 17.9 Å². The molecule has 3 heterocycles. The number of hydrogen-bond acceptors (Lipinski definition) is 7. The molecule has 0 aliphatic carbocycles. The zero-order chi connectivity index (χ0) is 21.9. The van der Waals surface area contributed by atoms with Crippen molar-refractivity contribution in [2.75, 3.05) is 24.5 Å². The zero-order valence-corrected chi connectivity index (χ0v) is 18.1. The van der Waals surface area contributed by atoms with E-state index in [9.17, 15) is 18.0 Å². The average molecular weight is 438 g/mol. The Hall–Kier alpha value is -2.66. The van der Waals surface area contributed by atoms with Gasteiger partial charge in [0.25, 0.3) is 0 Å². The molecule has 1 fully saturated rings. The number of nitrogens with one attached hydrogen (secondary N) is 3. The molecule has 11 heteroatoms. The minimum absolute atomic E-state index is 0.143. The first-order valence-corrected chi connectivity index (χ1v) is 11.2. The van der Waals surface area contributed by atoms with E-state index in [2.05, 4.69) is 19.6 Å². The van der Waals surface area contributed by atoms with Crippen LogP contribution in [0.3, 0.4) is 0 Å². The van der Waals surface area contributed by atoms with Crippen molar-refractivity contribution in [2.45, 2.75) is 39.2 Å². The molecule has 0 unspecified atom stereocenters. The number of amides is 1. The van der Waals surface area contributed by atoms with Crippen LogP contribution in [0, 0.1) is 5.92 Å². The molecule has 0 aromatic carbocycles. The van der Waals surface area contributed by atoms with Crippen LogP contribution in [-0.2, 0) is 14.9 Å². The quantitative estimate of drug-likeness (QED) is 0.645. The van der Waals surface area contributed by atoms with Gasteiger partial charge in [0.15, 0.2) is 0 Å². The number of aromatic nitrogens is 2. The van der Waals surface area contributed by atoms with Crippen LogP contribution >= 0.6 is 0 Å². The van der Waals surface area contributed by atoms with Gasteiger partial charge in [0.1, 0.15) is 11.2 Å². The summed E-state index contributed by atoms with van der Waals surface area (Å²) in [7, 11) is -3.98. The van der Waals surface area contributed by atoms with Gasteiger partial charge >= 0.3 is 16.3 Å². The maximum absolute atomic E-state index is 12.1. The van der Waals surface area contributed by atoms with E-state index in [0.717, 1.165) is 37.0 Å². The summed E-state index contributed by atoms with van der Waals surface area (Å²) in [4.78, 5) is 32.3. The molecular formula is C19H27N5O5S. The third-order valence-corrected chi connectivity index (χ3v) is 5.73. The van der Waals surface area contributed by atoms with Crippen molar-refractivity contribution >= 4 is 33.0 Å². The Labute approximate surface area is 175 Å². The lowest BCUT2D eigenvalue weighted by Crippen LogP contribution is -2.45. The SMILES string of the molecule is CC(C)(C)OC(=O)NS(=O)(=O)NCC1CCN(c2ccnc3[nH]c(=O)ccc23)CC1. The number of fused-ring (bicyclic) bond motifs is 1. The minimum Gasteiger partial charge on any atom is -0.443 e. The first-order valence-electron chi connectivity index (χ1n) is 9.76. The summed E-state index contributed by atoms with van der Waals surface area (Å²) >= 11 is 0. The number of carbonyl (C=O) groups excluding carboxylic acids is 1. The number of rotatable bonds is 5. The lowest BCUT2D eigenvalue weighted by molar-refractivity contribution is 0.0569. The molecule has 30 heavy (non-hydrogen) atoms. The van der Waals surface area contributed by atoms with E-state index < -0.39 is 21.9 Å². The van der Waals surface area contributed by atoms with Gasteiger partial charge in [-0.3, -0.25) is 4.79 Å². The van der Waals surface area contributed by atoms with Crippen LogP contribution in [0.5, 0.6) is 0 Å². The molecule has 1 aliphatic rings. The number of aromatic amines is 1. The predicted octanol–water partition coefficient (Wildman–Crippen LogP) is 1.50. The fourth-order valence-electron chi connectivity index (χ4n) is 3.37. The first kappa shape index (κ1) is 22.0. The van der Waals surface area contributed by atoms with Crippen molar-refractivity contribution in [3.63, 3.8) is 0 Å². The Morgan fingerprint density at radius 3 is 2.63 bits per heavy atom. The van der Waals surface area contributed by atoms with Gasteiger partial charge in [0.05, 0.1) is 0 Å². The van der Waals surface area contributed by atoms with Gasteiger partial charge in [-0.25, -0.2) is 14.5 Å². The number of pyridine rings is 2. The van der Waals surface area contributed by atoms with Crippen molar-refractivity contribution in [1.29, 1.82) is 0 Å². The van der Waals surface area contributed by atoms with Gasteiger partial charge in [-0.2, -0.15) is 13.1 Å². The second-order valence-corrected chi connectivity index (χ2v) is 9.80. The minimum atomic E-state index is -3.98. The van der Waals surface area contributed by atoms with E-state index in [0.29, 0.717) is 5.65 Å². The number of piperidine rings is 1. The van der Waals surface area contributed by atoms with E-state index in [1.54, 1.807) is 33.0 Å². The molecular weight excluding hydrogens is 410 g/mol. The lowest BCUT2D eigenvalue weighted by Gasteiger charge is -2.34. The highest BCUT2D eigenvalue weighted by Gasteiger charge is 2.25. The van der Waals surface area contributed by atoms with E-state index >= 15 is 0 Å². The summed E-state index contributed by atoms with van der Waals surface area (Å²) in [6, 6.07) is 5.15. The van der Waals surface area contributed by atoms with Gasteiger partial charge in [0.2, 0.25) is 5.56 Å². The van der Waals surface area contributed by atoms with Gasteiger partial charge in [-0.05, 0) is 51.7 Å².